The summed E-state index contributed by atoms with van der Waals surface area (Å²) >= 11 is 1.37. The largest absolute Gasteiger partial charge is 0.497 e. The molecule has 5 nitrogen and oxygen atoms in total. The van der Waals surface area contributed by atoms with Crippen LogP contribution in [0.2, 0.25) is 0 Å². The molecule has 1 aliphatic heterocycles. The van der Waals surface area contributed by atoms with E-state index in [0.29, 0.717) is 27.6 Å². The van der Waals surface area contributed by atoms with Crippen molar-refractivity contribution in [3.05, 3.63) is 47.2 Å². The van der Waals surface area contributed by atoms with Crippen molar-refractivity contribution in [1.82, 2.24) is 4.98 Å². The van der Waals surface area contributed by atoms with Gasteiger partial charge in [0.05, 0.1) is 23.9 Å². The molecule has 1 aromatic carbocycles. The molecule has 2 amide bonds. The molecule has 0 atom stereocenters. The summed E-state index contributed by atoms with van der Waals surface area (Å²) in [5, 5.41) is 0.587. The summed E-state index contributed by atoms with van der Waals surface area (Å²) in [6.07, 6.45) is 1.84. The van der Waals surface area contributed by atoms with Crippen molar-refractivity contribution in [2.24, 2.45) is 0 Å². The monoisotopic (exact) mass is 314 g/mol. The molecule has 0 unspecified atom stereocenters. The summed E-state index contributed by atoms with van der Waals surface area (Å²) in [6, 6.07) is 8.49. The lowest BCUT2D eigenvalue weighted by Crippen LogP contribution is -2.29. The van der Waals surface area contributed by atoms with E-state index < -0.39 is 0 Å². The minimum absolute atomic E-state index is 0.314. The van der Waals surface area contributed by atoms with Crippen LogP contribution < -0.4 is 9.64 Å². The van der Waals surface area contributed by atoms with Crippen LogP contribution in [0.1, 0.15) is 26.4 Å². The maximum Gasteiger partial charge on any atom is 0.268 e. The zero-order valence-corrected chi connectivity index (χ0v) is 13.2. The number of imide groups is 1. The van der Waals surface area contributed by atoms with Crippen LogP contribution in [0, 0.1) is 6.92 Å². The van der Waals surface area contributed by atoms with E-state index in [9.17, 15) is 9.59 Å². The minimum atomic E-state index is -0.331. The van der Waals surface area contributed by atoms with E-state index in [1.807, 2.05) is 13.2 Å². The van der Waals surface area contributed by atoms with Crippen molar-refractivity contribution < 1.29 is 14.3 Å². The summed E-state index contributed by atoms with van der Waals surface area (Å²) in [5.74, 6) is 0.0238. The van der Waals surface area contributed by atoms with Crippen molar-refractivity contribution in [3.8, 4) is 5.75 Å². The number of rotatable bonds is 3. The fraction of sp³-hybridized carbons (Fsp3) is 0.188. The molecule has 3 rings (SSSR count). The third-order valence-corrected chi connectivity index (χ3v) is 4.17. The second kappa shape index (κ2) is 5.46. The highest BCUT2D eigenvalue weighted by Crippen LogP contribution is 2.34. The van der Waals surface area contributed by atoms with Crippen molar-refractivity contribution in [2.45, 2.75) is 11.9 Å². The molecule has 2 aromatic rings. The van der Waals surface area contributed by atoms with Gasteiger partial charge in [0.1, 0.15) is 10.8 Å². The fourth-order valence-electron chi connectivity index (χ4n) is 2.46. The first kappa shape index (κ1) is 14.6. The Bertz CT molecular complexity index is 772. The van der Waals surface area contributed by atoms with Crippen LogP contribution >= 0.6 is 11.8 Å². The van der Waals surface area contributed by atoms with Gasteiger partial charge < -0.3 is 4.74 Å². The van der Waals surface area contributed by atoms with Crippen LogP contribution in [-0.4, -0.2) is 30.2 Å². The van der Waals surface area contributed by atoms with Crippen molar-refractivity contribution >= 4 is 29.3 Å². The van der Waals surface area contributed by atoms with Gasteiger partial charge in [-0.05, 0) is 43.5 Å². The van der Waals surface area contributed by atoms with Crippen molar-refractivity contribution in [3.63, 3.8) is 0 Å². The number of aryl methyl sites for hydroxylation is 1. The maximum absolute atomic E-state index is 12.7. The Morgan fingerprint density at radius 1 is 1.14 bits per heavy atom. The molecular weight excluding hydrogens is 300 g/mol. The van der Waals surface area contributed by atoms with Gasteiger partial charge in [-0.25, -0.2) is 9.88 Å². The van der Waals surface area contributed by atoms with Crippen LogP contribution in [0.15, 0.2) is 35.4 Å². The van der Waals surface area contributed by atoms with Gasteiger partial charge in [0.2, 0.25) is 0 Å². The Kier molecular flexibility index (Phi) is 3.62. The number of amides is 2. The Balaban J connectivity index is 2.09. The highest BCUT2D eigenvalue weighted by atomic mass is 32.2. The first-order valence-electron chi connectivity index (χ1n) is 6.65. The van der Waals surface area contributed by atoms with E-state index in [4.69, 9.17) is 4.74 Å². The summed E-state index contributed by atoms with van der Waals surface area (Å²) in [5.41, 5.74) is 2.05. The number of thioether (sulfide) groups is 1. The van der Waals surface area contributed by atoms with Crippen molar-refractivity contribution in [1.29, 1.82) is 0 Å². The summed E-state index contributed by atoms with van der Waals surface area (Å²) in [4.78, 5) is 30.8. The summed E-state index contributed by atoms with van der Waals surface area (Å²) < 4.78 is 5.10. The molecule has 0 saturated heterocycles. The number of anilines is 1. The van der Waals surface area contributed by atoms with E-state index >= 15 is 0 Å². The van der Waals surface area contributed by atoms with Gasteiger partial charge in [-0.2, -0.15) is 0 Å². The highest BCUT2D eigenvalue weighted by molar-refractivity contribution is 7.98. The van der Waals surface area contributed by atoms with Gasteiger partial charge in [-0.3, -0.25) is 9.59 Å². The molecular formula is C16H14N2O3S. The number of nitrogens with zero attached hydrogens (tertiary/aromatic N) is 2. The molecule has 0 fully saturated rings. The highest BCUT2D eigenvalue weighted by Gasteiger charge is 2.39. The molecule has 0 bridgehead atoms. The van der Waals surface area contributed by atoms with Gasteiger partial charge in [0.15, 0.2) is 0 Å². The molecule has 22 heavy (non-hydrogen) atoms. The number of hydrogen-bond acceptors (Lipinski definition) is 5. The predicted molar refractivity (Wildman–Crippen MR) is 84.9 cm³/mol. The third-order valence-electron chi connectivity index (χ3n) is 3.49. The average Bonchev–Trinajstić information content (AvgIpc) is 2.78. The standard InChI is InChI=1S/C16H14N2O3S/c1-9-8-12-13(14(17-9)22-3)16(20)18(15(12)19)10-4-6-11(21-2)7-5-10/h4-8H,1-3H3. The molecule has 6 heteroatoms. The normalized spacial score (nSPS) is 13.5. The first-order chi connectivity index (χ1) is 10.6. The molecule has 1 aliphatic rings. The first-order valence-corrected chi connectivity index (χ1v) is 7.87. The lowest BCUT2D eigenvalue weighted by atomic mass is 10.1. The van der Waals surface area contributed by atoms with Gasteiger partial charge in [-0.1, -0.05) is 0 Å². The number of pyridine rings is 1. The second-order valence-electron chi connectivity index (χ2n) is 4.84. The van der Waals surface area contributed by atoms with Gasteiger partial charge >= 0.3 is 0 Å². The molecule has 1 aromatic heterocycles. The molecule has 0 aliphatic carbocycles. The number of carbonyl (C=O) groups is 2. The number of aromatic nitrogens is 1. The van der Waals surface area contributed by atoms with Crippen LogP contribution in [0.3, 0.4) is 0 Å². The second-order valence-corrected chi connectivity index (χ2v) is 5.63. The number of methoxy groups -OCH3 is 1. The molecule has 112 valence electrons. The zero-order chi connectivity index (χ0) is 15.9. The van der Waals surface area contributed by atoms with E-state index in [2.05, 4.69) is 4.98 Å². The van der Waals surface area contributed by atoms with Gasteiger partial charge in [0.25, 0.3) is 11.8 Å². The SMILES string of the molecule is COc1ccc(N2C(=O)c3cc(C)nc(SC)c3C2=O)cc1. The smallest absolute Gasteiger partial charge is 0.268 e. The predicted octanol–water partition coefficient (Wildman–Crippen LogP) is 2.92. The molecule has 0 N–H and O–H groups in total. The number of benzene rings is 1. The minimum Gasteiger partial charge on any atom is -0.497 e. The maximum atomic E-state index is 12.7. The summed E-state index contributed by atoms with van der Waals surface area (Å²) in [6.45, 7) is 1.81. The number of hydrogen-bond donors (Lipinski definition) is 0. The van der Waals surface area contributed by atoms with E-state index in [0.717, 1.165) is 5.69 Å². The summed E-state index contributed by atoms with van der Waals surface area (Å²) in [7, 11) is 1.57. The fourth-order valence-corrected chi connectivity index (χ4v) is 3.09. The Hall–Kier alpha value is -2.34. The molecule has 2 heterocycles. The Morgan fingerprint density at radius 3 is 2.41 bits per heavy atom. The van der Waals surface area contributed by atoms with Gasteiger partial charge in [-0.15, -0.1) is 11.8 Å². The topological polar surface area (TPSA) is 59.5 Å². The van der Waals surface area contributed by atoms with E-state index in [-0.39, 0.29) is 11.8 Å². The molecule has 0 saturated carbocycles. The number of ether oxygens (including phenoxy) is 1. The quantitative estimate of drug-likeness (QED) is 0.644. The van der Waals surface area contributed by atoms with E-state index in [1.165, 1.54) is 16.7 Å². The van der Waals surface area contributed by atoms with Crippen LogP contribution in [0.25, 0.3) is 0 Å². The molecule has 0 radical (unpaired) electrons. The Labute approximate surface area is 132 Å². The van der Waals surface area contributed by atoms with Crippen LogP contribution in [-0.2, 0) is 0 Å². The molecule has 0 spiro atoms. The lowest BCUT2D eigenvalue weighted by Gasteiger charge is -2.14. The zero-order valence-electron chi connectivity index (χ0n) is 12.4. The third kappa shape index (κ3) is 2.16. The number of fused-ring (bicyclic) bond motifs is 1. The van der Waals surface area contributed by atoms with Crippen LogP contribution in [0.5, 0.6) is 5.75 Å². The average molecular weight is 314 g/mol. The lowest BCUT2D eigenvalue weighted by molar-refractivity contribution is 0.0925. The van der Waals surface area contributed by atoms with Crippen molar-refractivity contribution in [2.75, 3.05) is 18.3 Å². The number of carbonyl (C=O) groups excluding carboxylic acids is 2. The Morgan fingerprint density at radius 2 is 1.82 bits per heavy atom. The van der Waals surface area contributed by atoms with Crippen LogP contribution in [0.4, 0.5) is 5.69 Å². The van der Waals surface area contributed by atoms with E-state index in [1.54, 1.807) is 37.4 Å². The van der Waals surface area contributed by atoms with Gasteiger partial charge in [0, 0.05) is 5.69 Å².